The van der Waals surface area contributed by atoms with Gasteiger partial charge in [-0.3, -0.25) is 9.69 Å². The topological polar surface area (TPSA) is 35.6 Å². The van der Waals surface area contributed by atoms with Crippen LogP contribution in [0.15, 0.2) is 24.3 Å². The first-order chi connectivity index (χ1) is 10.7. The molecule has 0 spiro atoms. The number of nitrogens with one attached hydrogen (secondary N) is 1. The summed E-state index contributed by atoms with van der Waals surface area (Å²) in [5.74, 6) is -0.172. The zero-order valence-electron chi connectivity index (χ0n) is 13.5. The van der Waals surface area contributed by atoms with Crippen LogP contribution in [0.4, 0.5) is 10.1 Å². The van der Waals surface area contributed by atoms with E-state index in [-0.39, 0.29) is 30.2 Å². The number of nitrogens with zero attached hydrogens (tertiary/aromatic N) is 2. The van der Waals surface area contributed by atoms with Crippen LogP contribution < -0.4 is 10.2 Å². The Bertz CT molecular complexity index is 542. The quantitative estimate of drug-likeness (QED) is 0.917. The van der Waals surface area contributed by atoms with Crippen LogP contribution >= 0.6 is 12.4 Å². The van der Waals surface area contributed by atoms with Crippen LogP contribution in [0.1, 0.15) is 25.7 Å². The van der Waals surface area contributed by atoms with E-state index < -0.39 is 0 Å². The highest BCUT2D eigenvalue weighted by molar-refractivity contribution is 5.97. The lowest BCUT2D eigenvalue weighted by Gasteiger charge is -2.42. The van der Waals surface area contributed by atoms with Gasteiger partial charge in [0.15, 0.2) is 0 Å². The fourth-order valence-corrected chi connectivity index (χ4v) is 3.62. The van der Waals surface area contributed by atoms with Crippen molar-refractivity contribution in [3.63, 3.8) is 0 Å². The van der Waals surface area contributed by atoms with Crippen molar-refractivity contribution in [1.82, 2.24) is 10.2 Å². The summed E-state index contributed by atoms with van der Waals surface area (Å²) in [6.07, 6.45) is 4.16. The van der Waals surface area contributed by atoms with Crippen LogP contribution in [-0.4, -0.2) is 49.6 Å². The van der Waals surface area contributed by atoms with E-state index >= 15 is 0 Å². The van der Waals surface area contributed by atoms with Crippen LogP contribution in [0.25, 0.3) is 0 Å². The maximum Gasteiger partial charge on any atom is 0.244 e. The van der Waals surface area contributed by atoms with Crippen molar-refractivity contribution < 1.29 is 9.18 Å². The number of piperidine rings is 2. The van der Waals surface area contributed by atoms with Crippen molar-refractivity contribution >= 4 is 24.0 Å². The second kappa shape index (κ2) is 8.08. The molecule has 0 radical (unpaired) electrons. The van der Waals surface area contributed by atoms with E-state index in [0.717, 1.165) is 32.4 Å². The van der Waals surface area contributed by atoms with Crippen molar-refractivity contribution in [2.24, 2.45) is 0 Å². The number of carbonyl (C=O) groups is 1. The monoisotopic (exact) mass is 341 g/mol. The summed E-state index contributed by atoms with van der Waals surface area (Å²) in [4.78, 5) is 16.9. The molecule has 1 N–H and O–H groups in total. The Morgan fingerprint density at radius 1 is 1.22 bits per heavy atom. The molecule has 1 aromatic rings. The molecule has 23 heavy (non-hydrogen) atoms. The van der Waals surface area contributed by atoms with Gasteiger partial charge in [-0.15, -0.1) is 12.4 Å². The highest BCUT2D eigenvalue weighted by Gasteiger charge is 2.35. The zero-order chi connectivity index (χ0) is 15.5. The Balaban J connectivity index is 0.00000192. The third-order valence-electron chi connectivity index (χ3n) is 4.83. The van der Waals surface area contributed by atoms with Crippen LogP contribution in [0.5, 0.6) is 0 Å². The highest BCUT2D eigenvalue weighted by Crippen LogP contribution is 2.26. The second-order valence-electron chi connectivity index (χ2n) is 6.25. The van der Waals surface area contributed by atoms with Gasteiger partial charge in [0, 0.05) is 24.8 Å². The average molecular weight is 342 g/mol. The third kappa shape index (κ3) is 4.03. The van der Waals surface area contributed by atoms with Crippen molar-refractivity contribution in [3.05, 3.63) is 30.1 Å². The van der Waals surface area contributed by atoms with Gasteiger partial charge in [-0.2, -0.15) is 0 Å². The minimum atomic E-state index is -0.291. The van der Waals surface area contributed by atoms with Gasteiger partial charge in [0.05, 0.1) is 6.04 Å². The number of amides is 1. The second-order valence-corrected chi connectivity index (χ2v) is 6.25. The molecule has 6 heteroatoms. The fraction of sp³-hybridized carbons (Fsp3) is 0.588. The Morgan fingerprint density at radius 3 is 2.74 bits per heavy atom. The number of anilines is 1. The van der Waals surface area contributed by atoms with Gasteiger partial charge in [-0.25, -0.2) is 4.39 Å². The standard InChI is InChI=1S/C17H24FN3O.ClH/c1-19-14-6-3-9-20(12-14)16-8-4-10-21(17(16)22)15-7-2-5-13(18)11-15;/h2,5,7,11,14,16,19H,3-4,6,8-10,12H2,1H3;1H. The van der Waals surface area contributed by atoms with E-state index in [2.05, 4.69) is 10.2 Å². The van der Waals surface area contributed by atoms with Gasteiger partial charge >= 0.3 is 0 Å². The number of hydrogen-bond acceptors (Lipinski definition) is 3. The first-order valence-electron chi connectivity index (χ1n) is 8.17. The van der Waals surface area contributed by atoms with Crippen molar-refractivity contribution in [1.29, 1.82) is 0 Å². The van der Waals surface area contributed by atoms with E-state index in [0.29, 0.717) is 18.3 Å². The van der Waals surface area contributed by atoms with E-state index in [4.69, 9.17) is 0 Å². The molecule has 2 aliphatic rings. The normalized spacial score (nSPS) is 26.0. The van der Waals surface area contributed by atoms with Crippen LogP contribution in [0.2, 0.25) is 0 Å². The summed E-state index contributed by atoms with van der Waals surface area (Å²) in [5.41, 5.74) is 0.678. The van der Waals surface area contributed by atoms with Crippen LogP contribution in [0, 0.1) is 5.82 Å². The molecule has 1 amide bonds. The maximum absolute atomic E-state index is 13.4. The van der Waals surface area contributed by atoms with E-state index in [1.807, 2.05) is 13.1 Å². The molecule has 1 aromatic carbocycles. The Kier molecular flexibility index (Phi) is 6.39. The Hall–Kier alpha value is -1.17. The molecular weight excluding hydrogens is 317 g/mol. The van der Waals surface area contributed by atoms with Crippen LogP contribution in [-0.2, 0) is 4.79 Å². The fourth-order valence-electron chi connectivity index (χ4n) is 3.62. The zero-order valence-corrected chi connectivity index (χ0v) is 14.3. The minimum absolute atomic E-state index is 0. The summed E-state index contributed by atoms with van der Waals surface area (Å²) in [6, 6.07) is 6.75. The number of likely N-dealkylation sites (N-methyl/N-ethyl adjacent to an activating group) is 1. The Labute approximate surface area is 143 Å². The molecular formula is C17H25ClFN3O. The summed E-state index contributed by atoms with van der Waals surface area (Å²) >= 11 is 0. The van der Waals surface area contributed by atoms with Crippen LogP contribution in [0.3, 0.4) is 0 Å². The molecule has 3 rings (SSSR count). The lowest BCUT2D eigenvalue weighted by atomic mass is 9.97. The molecule has 2 aliphatic heterocycles. The van der Waals surface area contributed by atoms with Gasteiger partial charge in [0.25, 0.3) is 0 Å². The molecule has 0 aliphatic carbocycles. The van der Waals surface area contributed by atoms with E-state index in [9.17, 15) is 9.18 Å². The number of likely N-dealkylation sites (tertiary alicyclic amines) is 1. The largest absolute Gasteiger partial charge is 0.316 e. The molecule has 4 nitrogen and oxygen atoms in total. The molecule has 0 saturated carbocycles. The lowest BCUT2D eigenvalue weighted by Crippen LogP contribution is -2.57. The van der Waals surface area contributed by atoms with Gasteiger partial charge in [0.2, 0.25) is 5.91 Å². The first kappa shape index (κ1) is 18.2. The smallest absolute Gasteiger partial charge is 0.244 e. The third-order valence-corrected chi connectivity index (χ3v) is 4.83. The molecule has 0 aromatic heterocycles. The van der Waals surface area contributed by atoms with Crippen molar-refractivity contribution in [2.75, 3.05) is 31.6 Å². The molecule has 0 bridgehead atoms. The molecule has 2 fully saturated rings. The lowest BCUT2D eigenvalue weighted by molar-refractivity contribution is -0.126. The SMILES string of the molecule is CNC1CCCN(C2CCCN(c3cccc(F)c3)C2=O)C1.Cl. The Morgan fingerprint density at radius 2 is 2.00 bits per heavy atom. The molecule has 2 unspecified atom stereocenters. The number of rotatable bonds is 3. The minimum Gasteiger partial charge on any atom is -0.316 e. The summed E-state index contributed by atoms with van der Waals surface area (Å²) in [6.45, 7) is 2.58. The number of hydrogen-bond donors (Lipinski definition) is 1. The predicted molar refractivity (Wildman–Crippen MR) is 92.7 cm³/mol. The summed E-state index contributed by atoms with van der Waals surface area (Å²) in [5, 5.41) is 3.32. The summed E-state index contributed by atoms with van der Waals surface area (Å²) in [7, 11) is 1.98. The number of carbonyl (C=O) groups excluding carboxylic acids is 1. The molecule has 128 valence electrons. The summed E-state index contributed by atoms with van der Waals surface area (Å²) < 4.78 is 13.4. The maximum atomic E-state index is 13.4. The van der Waals surface area contributed by atoms with Gasteiger partial charge < -0.3 is 10.2 Å². The number of halogens is 2. The van der Waals surface area contributed by atoms with E-state index in [1.54, 1.807) is 11.0 Å². The van der Waals surface area contributed by atoms with Gasteiger partial charge in [-0.1, -0.05) is 6.07 Å². The highest BCUT2D eigenvalue weighted by atomic mass is 35.5. The average Bonchev–Trinajstić information content (AvgIpc) is 2.55. The molecule has 2 heterocycles. The number of benzene rings is 1. The van der Waals surface area contributed by atoms with Gasteiger partial charge in [0.1, 0.15) is 5.82 Å². The van der Waals surface area contributed by atoms with Crippen molar-refractivity contribution in [2.45, 2.75) is 37.8 Å². The first-order valence-corrected chi connectivity index (χ1v) is 8.17. The van der Waals surface area contributed by atoms with Gasteiger partial charge in [-0.05, 0) is 57.5 Å². The molecule has 2 saturated heterocycles. The molecule has 2 atom stereocenters. The van der Waals surface area contributed by atoms with Crippen molar-refractivity contribution in [3.8, 4) is 0 Å². The van der Waals surface area contributed by atoms with E-state index in [1.165, 1.54) is 18.6 Å². The predicted octanol–water partition coefficient (Wildman–Crippen LogP) is 2.43.